The Labute approximate surface area is 103 Å². The maximum absolute atomic E-state index is 11.8. The normalized spacial score (nSPS) is 15.4. The summed E-state index contributed by atoms with van der Waals surface area (Å²) in [7, 11) is 0. The number of nitro benzene ring substituents is 1. The molecule has 1 aliphatic heterocycles. The number of imide groups is 1. The molecule has 1 aliphatic rings. The largest absolute Gasteiger partial charge is 0.293 e. The molecule has 18 heavy (non-hydrogen) atoms. The topological polar surface area (TPSA) is 80.5 Å². The minimum Gasteiger partial charge on any atom is -0.274 e. The highest BCUT2D eigenvalue weighted by atomic mass is 16.6. The number of carbonyl (C=O) groups excluding carboxylic acids is 2. The highest BCUT2D eigenvalue weighted by molar-refractivity contribution is 6.28. The van der Waals surface area contributed by atoms with Crippen LogP contribution in [-0.2, 0) is 9.59 Å². The lowest BCUT2D eigenvalue weighted by molar-refractivity contribution is -0.384. The van der Waals surface area contributed by atoms with Crippen LogP contribution in [0.15, 0.2) is 30.4 Å². The zero-order chi connectivity index (χ0) is 13.4. The molecule has 0 spiro atoms. The molecule has 0 saturated carbocycles. The lowest BCUT2D eigenvalue weighted by Crippen LogP contribution is -2.30. The smallest absolute Gasteiger partial charge is 0.274 e. The molecule has 2 rings (SSSR count). The third-order valence-corrected chi connectivity index (χ3v) is 2.76. The van der Waals surface area contributed by atoms with Crippen LogP contribution in [0.25, 0.3) is 0 Å². The molecule has 1 fully saturated rings. The van der Waals surface area contributed by atoms with Crippen LogP contribution >= 0.6 is 0 Å². The van der Waals surface area contributed by atoms with Gasteiger partial charge in [-0.25, -0.2) is 4.90 Å². The number of carbonyl (C=O) groups is 2. The first-order valence-electron chi connectivity index (χ1n) is 5.22. The van der Waals surface area contributed by atoms with Gasteiger partial charge in [-0.1, -0.05) is 18.7 Å². The fraction of sp³-hybridized carbons (Fsp3) is 0.167. The number of hydrogen-bond donors (Lipinski definition) is 0. The van der Waals surface area contributed by atoms with Gasteiger partial charge in [0, 0.05) is 11.6 Å². The molecular formula is C12H10N2O4. The number of nitrogens with zero attached hydrogens (tertiary/aromatic N) is 2. The van der Waals surface area contributed by atoms with Gasteiger partial charge >= 0.3 is 0 Å². The summed E-state index contributed by atoms with van der Waals surface area (Å²) in [6.45, 7) is 5.10. The molecule has 0 atom stereocenters. The van der Waals surface area contributed by atoms with Crippen molar-refractivity contribution >= 4 is 23.2 Å². The molecule has 1 aromatic rings. The van der Waals surface area contributed by atoms with Crippen molar-refractivity contribution in [1.82, 2.24) is 0 Å². The standard InChI is InChI=1S/C12H10N2O4/c1-7-4-3-5-9(14(17)18)11(7)13-10(15)6-8(2)12(13)16/h3-5H,2,6H2,1H3. The molecule has 0 unspecified atom stereocenters. The Hall–Kier alpha value is -2.50. The number of rotatable bonds is 2. The predicted octanol–water partition coefficient (Wildman–Crippen LogP) is 1.72. The number of hydrogen-bond acceptors (Lipinski definition) is 4. The second-order valence-electron chi connectivity index (χ2n) is 4.01. The Morgan fingerprint density at radius 2 is 2.06 bits per heavy atom. The van der Waals surface area contributed by atoms with Crippen LogP contribution in [0.5, 0.6) is 0 Å². The van der Waals surface area contributed by atoms with Crippen LogP contribution in [0.2, 0.25) is 0 Å². The molecule has 6 nitrogen and oxygen atoms in total. The minimum absolute atomic E-state index is 0.0381. The van der Waals surface area contributed by atoms with Gasteiger partial charge in [0.05, 0.1) is 11.3 Å². The monoisotopic (exact) mass is 246 g/mol. The van der Waals surface area contributed by atoms with E-state index in [4.69, 9.17) is 0 Å². The van der Waals surface area contributed by atoms with E-state index in [0.29, 0.717) is 5.56 Å². The summed E-state index contributed by atoms with van der Waals surface area (Å²) in [6.07, 6.45) is -0.0929. The summed E-state index contributed by atoms with van der Waals surface area (Å²) in [5.41, 5.74) is 0.431. The van der Waals surface area contributed by atoms with Crippen molar-refractivity contribution in [2.75, 3.05) is 4.90 Å². The third kappa shape index (κ3) is 1.67. The Morgan fingerprint density at radius 3 is 2.56 bits per heavy atom. The first-order valence-corrected chi connectivity index (χ1v) is 5.22. The Bertz CT molecular complexity index is 592. The molecule has 0 radical (unpaired) electrons. The zero-order valence-corrected chi connectivity index (χ0v) is 9.67. The molecular weight excluding hydrogens is 236 g/mol. The highest BCUT2D eigenvalue weighted by Gasteiger charge is 2.38. The van der Waals surface area contributed by atoms with E-state index in [-0.39, 0.29) is 23.4 Å². The van der Waals surface area contributed by atoms with Crippen molar-refractivity contribution in [3.8, 4) is 0 Å². The summed E-state index contributed by atoms with van der Waals surface area (Å²) in [5.74, 6) is -1.06. The van der Waals surface area contributed by atoms with E-state index < -0.39 is 16.7 Å². The number of para-hydroxylation sites is 1. The van der Waals surface area contributed by atoms with E-state index in [1.165, 1.54) is 12.1 Å². The van der Waals surface area contributed by atoms with Crippen molar-refractivity contribution in [2.24, 2.45) is 0 Å². The van der Waals surface area contributed by atoms with Gasteiger partial charge < -0.3 is 0 Å². The zero-order valence-electron chi connectivity index (χ0n) is 9.67. The van der Waals surface area contributed by atoms with Crippen molar-refractivity contribution in [1.29, 1.82) is 0 Å². The Balaban J connectivity index is 2.64. The molecule has 2 amide bonds. The maximum Gasteiger partial charge on any atom is 0.293 e. The quantitative estimate of drug-likeness (QED) is 0.344. The van der Waals surface area contributed by atoms with Gasteiger partial charge in [0.2, 0.25) is 5.91 Å². The van der Waals surface area contributed by atoms with Gasteiger partial charge in [-0.15, -0.1) is 0 Å². The van der Waals surface area contributed by atoms with Crippen LogP contribution in [0.4, 0.5) is 11.4 Å². The number of benzene rings is 1. The molecule has 92 valence electrons. The maximum atomic E-state index is 11.8. The lowest BCUT2D eigenvalue weighted by atomic mass is 10.1. The minimum atomic E-state index is -0.607. The second-order valence-corrected chi connectivity index (χ2v) is 4.01. The molecule has 0 aromatic heterocycles. The number of nitro groups is 1. The summed E-state index contributed by atoms with van der Waals surface area (Å²) in [6, 6.07) is 4.39. The second kappa shape index (κ2) is 4.06. The lowest BCUT2D eigenvalue weighted by Gasteiger charge is -2.15. The first kappa shape index (κ1) is 12.0. The van der Waals surface area contributed by atoms with E-state index in [1.807, 2.05) is 0 Å². The molecule has 0 bridgehead atoms. The molecule has 1 aromatic carbocycles. The van der Waals surface area contributed by atoms with Crippen molar-refractivity contribution in [3.63, 3.8) is 0 Å². The fourth-order valence-electron chi connectivity index (χ4n) is 1.92. The van der Waals surface area contributed by atoms with Gasteiger partial charge in [0.15, 0.2) is 0 Å². The van der Waals surface area contributed by atoms with Crippen LogP contribution in [-0.4, -0.2) is 16.7 Å². The predicted molar refractivity (Wildman–Crippen MR) is 64.1 cm³/mol. The molecule has 1 heterocycles. The van der Waals surface area contributed by atoms with E-state index in [9.17, 15) is 19.7 Å². The van der Waals surface area contributed by atoms with Gasteiger partial charge in [-0.2, -0.15) is 0 Å². The first-order chi connectivity index (χ1) is 8.43. The average Bonchev–Trinajstić information content (AvgIpc) is 2.54. The molecule has 1 saturated heterocycles. The van der Waals surface area contributed by atoms with E-state index in [1.54, 1.807) is 13.0 Å². The summed E-state index contributed by atoms with van der Waals surface area (Å²) in [5, 5.41) is 11.0. The summed E-state index contributed by atoms with van der Waals surface area (Å²) in [4.78, 5) is 34.8. The molecule has 6 heteroatoms. The molecule has 0 N–H and O–H groups in total. The van der Waals surface area contributed by atoms with Gasteiger partial charge in [-0.05, 0) is 12.5 Å². The highest BCUT2D eigenvalue weighted by Crippen LogP contribution is 2.35. The van der Waals surface area contributed by atoms with Gasteiger partial charge in [0.25, 0.3) is 11.6 Å². The van der Waals surface area contributed by atoms with E-state index >= 15 is 0 Å². The average molecular weight is 246 g/mol. The fourth-order valence-corrected chi connectivity index (χ4v) is 1.92. The van der Waals surface area contributed by atoms with Gasteiger partial charge in [0.1, 0.15) is 5.69 Å². The number of anilines is 1. The SMILES string of the molecule is C=C1CC(=O)N(c2c(C)cccc2[N+](=O)[O-])C1=O. The number of amides is 2. The van der Waals surface area contributed by atoms with Crippen LogP contribution < -0.4 is 4.90 Å². The Morgan fingerprint density at radius 1 is 1.39 bits per heavy atom. The number of aryl methyl sites for hydroxylation is 1. The Kier molecular flexibility index (Phi) is 2.70. The van der Waals surface area contributed by atoms with E-state index in [0.717, 1.165) is 4.90 Å². The van der Waals surface area contributed by atoms with Gasteiger partial charge in [-0.3, -0.25) is 19.7 Å². The van der Waals surface area contributed by atoms with Crippen molar-refractivity contribution in [3.05, 3.63) is 46.0 Å². The van der Waals surface area contributed by atoms with E-state index in [2.05, 4.69) is 6.58 Å². The van der Waals surface area contributed by atoms with Crippen molar-refractivity contribution < 1.29 is 14.5 Å². The molecule has 0 aliphatic carbocycles. The van der Waals surface area contributed by atoms with Crippen LogP contribution in [0, 0.1) is 17.0 Å². The van der Waals surface area contributed by atoms with Crippen molar-refractivity contribution in [2.45, 2.75) is 13.3 Å². The summed E-state index contributed by atoms with van der Waals surface area (Å²) < 4.78 is 0. The van der Waals surface area contributed by atoms with Crippen LogP contribution in [0.3, 0.4) is 0 Å². The van der Waals surface area contributed by atoms with Crippen LogP contribution in [0.1, 0.15) is 12.0 Å². The third-order valence-electron chi connectivity index (χ3n) is 2.76. The summed E-state index contributed by atoms with van der Waals surface area (Å²) >= 11 is 0.